The van der Waals surface area contributed by atoms with Gasteiger partial charge in [-0.3, -0.25) is 9.59 Å². The van der Waals surface area contributed by atoms with Crippen molar-refractivity contribution in [1.82, 2.24) is 0 Å². The van der Waals surface area contributed by atoms with Crippen LogP contribution in [-0.4, -0.2) is 18.5 Å². The fourth-order valence-corrected chi connectivity index (χ4v) is 2.72. The van der Waals surface area contributed by atoms with Crippen molar-refractivity contribution in [3.8, 4) is 11.5 Å². The Morgan fingerprint density at radius 1 is 1.00 bits per heavy atom. The third-order valence-electron chi connectivity index (χ3n) is 4.05. The highest BCUT2D eigenvalue weighted by Gasteiger charge is 2.15. The van der Waals surface area contributed by atoms with E-state index in [1.165, 1.54) is 5.56 Å². The molecule has 0 aromatic heterocycles. The van der Waals surface area contributed by atoms with E-state index < -0.39 is 0 Å². The molecule has 0 unspecified atom stereocenters. The van der Waals surface area contributed by atoms with Crippen LogP contribution in [0, 0.1) is 0 Å². The molecule has 3 rings (SSSR count). The topological polar surface area (TPSA) is 64.6 Å². The number of hydrogen-bond donors (Lipinski definition) is 1. The number of amides is 1. The fourth-order valence-electron chi connectivity index (χ4n) is 2.72. The molecule has 0 radical (unpaired) electrons. The van der Waals surface area contributed by atoms with E-state index in [2.05, 4.69) is 12.2 Å². The van der Waals surface area contributed by atoms with Crippen molar-refractivity contribution in [3.63, 3.8) is 0 Å². The molecule has 0 atom stereocenters. The van der Waals surface area contributed by atoms with Gasteiger partial charge in [0, 0.05) is 30.2 Å². The molecule has 1 heterocycles. The van der Waals surface area contributed by atoms with Gasteiger partial charge >= 0.3 is 0 Å². The van der Waals surface area contributed by atoms with Gasteiger partial charge in [0.1, 0.15) is 0 Å². The number of aryl methyl sites for hydroxylation is 1. The summed E-state index contributed by atoms with van der Waals surface area (Å²) in [6, 6.07) is 12.8. The molecule has 0 spiro atoms. The van der Waals surface area contributed by atoms with Gasteiger partial charge in [0.2, 0.25) is 12.7 Å². The second-order valence-electron chi connectivity index (χ2n) is 5.99. The molecule has 0 saturated heterocycles. The Morgan fingerprint density at radius 2 is 1.76 bits per heavy atom. The number of anilines is 1. The monoisotopic (exact) mass is 339 g/mol. The second-order valence-corrected chi connectivity index (χ2v) is 5.99. The summed E-state index contributed by atoms with van der Waals surface area (Å²) in [5, 5.41) is 2.78. The lowest BCUT2D eigenvalue weighted by Gasteiger charge is -2.06. The Balaban J connectivity index is 1.50. The van der Waals surface area contributed by atoms with Gasteiger partial charge in [-0.15, -0.1) is 0 Å². The summed E-state index contributed by atoms with van der Waals surface area (Å²) in [6.45, 7) is 2.32. The number of benzene rings is 2. The molecular weight excluding hydrogens is 318 g/mol. The van der Waals surface area contributed by atoms with Gasteiger partial charge in [0.05, 0.1) is 0 Å². The number of ketones is 1. The molecule has 2 aromatic carbocycles. The Bertz CT molecular complexity index is 768. The first-order valence-electron chi connectivity index (χ1n) is 8.47. The third kappa shape index (κ3) is 4.38. The van der Waals surface area contributed by atoms with Gasteiger partial charge < -0.3 is 14.8 Å². The molecule has 5 nitrogen and oxygen atoms in total. The molecule has 0 saturated carbocycles. The van der Waals surface area contributed by atoms with Crippen LogP contribution in [0.25, 0.3) is 0 Å². The standard InChI is InChI=1S/C20H21NO4/c1-2-3-14-4-6-15(7-5-14)17(22)9-11-20(23)21-16-8-10-18-19(12-16)25-13-24-18/h4-8,10,12H,2-3,9,11,13H2,1H3,(H,21,23). The second kappa shape index (κ2) is 7.83. The van der Waals surface area contributed by atoms with Crippen LogP contribution in [0.3, 0.4) is 0 Å². The number of hydrogen-bond acceptors (Lipinski definition) is 4. The Kier molecular flexibility index (Phi) is 5.33. The average Bonchev–Trinajstić information content (AvgIpc) is 3.08. The lowest BCUT2D eigenvalue weighted by Crippen LogP contribution is -2.13. The van der Waals surface area contributed by atoms with Crippen molar-refractivity contribution in [2.75, 3.05) is 12.1 Å². The molecular formula is C20H21NO4. The minimum absolute atomic E-state index is 0.0242. The highest BCUT2D eigenvalue weighted by molar-refractivity contribution is 6.00. The zero-order chi connectivity index (χ0) is 17.6. The van der Waals surface area contributed by atoms with Crippen LogP contribution in [0.15, 0.2) is 42.5 Å². The van der Waals surface area contributed by atoms with Crippen LogP contribution in [0.1, 0.15) is 42.1 Å². The molecule has 25 heavy (non-hydrogen) atoms. The summed E-state index contributed by atoms with van der Waals surface area (Å²) in [5.41, 5.74) is 2.50. The first-order chi connectivity index (χ1) is 12.2. The van der Waals surface area contributed by atoms with E-state index in [9.17, 15) is 9.59 Å². The zero-order valence-electron chi connectivity index (χ0n) is 14.2. The SMILES string of the molecule is CCCc1ccc(C(=O)CCC(=O)Nc2ccc3c(c2)OCO3)cc1. The summed E-state index contributed by atoms with van der Waals surface area (Å²) in [6.07, 6.45) is 2.41. The summed E-state index contributed by atoms with van der Waals surface area (Å²) in [5.74, 6) is 1.06. The number of rotatable bonds is 7. The van der Waals surface area contributed by atoms with Crippen LogP contribution < -0.4 is 14.8 Å². The highest BCUT2D eigenvalue weighted by Crippen LogP contribution is 2.34. The van der Waals surface area contributed by atoms with Crippen LogP contribution in [0.2, 0.25) is 0 Å². The van der Waals surface area contributed by atoms with Gasteiger partial charge in [-0.25, -0.2) is 0 Å². The number of nitrogens with one attached hydrogen (secondary N) is 1. The van der Waals surface area contributed by atoms with E-state index in [-0.39, 0.29) is 31.3 Å². The molecule has 1 aliphatic heterocycles. The third-order valence-corrected chi connectivity index (χ3v) is 4.05. The maximum Gasteiger partial charge on any atom is 0.231 e. The number of Topliss-reactive ketones (excluding diaryl/α,β-unsaturated/α-hetero) is 1. The molecule has 1 aliphatic rings. The number of carbonyl (C=O) groups excluding carboxylic acids is 2. The first-order valence-corrected chi connectivity index (χ1v) is 8.47. The minimum atomic E-state index is -0.199. The molecule has 5 heteroatoms. The largest absolute Gasteiger partial charge is 0.454 e. The van der Waals surface area contributed by atoms with Crippen LogP contribution in [0.5, 0.6) is 11.5 Å². The first kappa shape index (κ1) is 17.0. The van der Waals surface area contributed by atoms with Crippen molar-refractivity contribution in [3.05, 3.63) is 53.6 Å². The lowest BCUT2D eigenvalue weighted by molar-refractivity contribution is -0.116. The smallest absolute Gasteiger partial charge is 0.231 e. The van der Waals surface area contributed by atoms with Crippen LogP contribution in [-0.2, 0) is 11.2 Å². The lowest BCUT2D eigenvalue weighted by atomic mass is 10.0. The van der Waals surface area contributed by atoms with Crippen molar-refractivity contribution in [1.29, 1.82) is 0 Å². The van der Waals surface area contributed by atoms with E-state index in [1.54, 1.807) is 18.2 Å². The maximum absolute atomic E-state index is 12.2. The average molecular weight is 339 g/mol. The number of ether oxygens (including phenoxy) is 2. The summed E-state index contributed by atoms with van der Waals surface area (Å²) < 4.78 is 10.5. The van der Waals surface area contributed by atoms with Crippen molar-refractivity contribution >= 4 is 17.4 Å². The van der Waals surface area contributed by atoms with Crippen molar-refractivity contribution < 1.29 is 19.1 Å². The van der Waals surface area contributed by atoms with Gasteiger partial charge in [0.25, 0.3) is 0 Å². The molecule has 0 bridgehead atoms. The van der Waals surface area contributed by atoms with Gasteiger partial charge in [0.15, 0.2) is 17.3 Å². The van der Waals surface area contributed by atoms with E-state index in [1.807, 2.05) is 24.3 Å². The number of carbonyl (C=O) groups is 2. The summed E-state index contributed by atoms with van der Waals surface area (Å²) >= 11 is 0. The Hall–Kier alpha value is -2.82. The molecule has 1 amide bonds. The maximum atomic E-state index is 12.2. The predicted molar refractivity (Wildman–Crippen MR) is 95.2 cm³/mol. The Labute approximate surface area is 147 Å². The van der Waals surface area contributed by atoms with Gasteiger partial charge in [-0.05, 0) is 24.1 Å². The van der Waals surface area contributed by atoms with Crippen LogP contribution >= 0.6 is 0 Å². The minimum Gasteiger partial charge on any atom is -0.454 e. The van der Waals surface area contributed by atoms with Gasteiger partial charge in [-0.2, -0.15) is 0 Å². The van der Waals surface area contributed by atoms with E-state index in [0.29, 0.717) is 22.7 Å². The molecule has 130 valence electrons. The van der Waals surface area contributed by atoms with Crippen molar-refractivity contribution in [2.24, 2.45) is 0 Å². The fraction of sp³-hybridized carbons (Fsp3) is 0.300. The highest BCUT2D eigenvalue weighted by atomic mass is 16.7. The zero-order valence-corrected chi connectivity index (χ0v) is 14.2. The number of fused-ring (bicyclic) bond motifs is 1. The normalized spacial score (nSPS) is 12.0. The summed E-state index contributed by atoms with van der Waals surface area (Å²) in [4.78, 5) is 24.3. The van der Waals surface area contributed by atoms with Crippen LogP contribution in [0.4, 0.5) is 5.69 Å². The van der Waals surface area contributed by atoms with E-state index >= 15 is 0 Å². The van der Waals surface area contributed by atoms with E-state index in [4.69, 9.17) is 9.47 Å². The molecule has 2 aromatic rings. The van der Waals surface area contributed by atoms with E-state index in [0.717, 1.165) is 12.8 Å². The predicted octanol–water partition coefficient (Wildman–Crippen LogP) is 3.97. The molecule has 1 N–H and O–H groups in total. The molecule has 0 fully saturated rings. The van der Waals surface area contributed by atoms with Crippen molar-refractivity contribution in [2.45, 2.75) is 32.6 Å². The Morgan fingerprint density at radius 3 is 2.52 bits per heavy atom. The quantitative estimate of drug-likeness (QED) is 0.775. The summed E-state index contributed by atoms with van der Waals surface area (Å²) in [7, 11) is 0. The van der Waals surface area contributed by atoms with Gasteiger partial charge in [-0.1, -0.05) is 37.6 Å². The molecule has 0 aliphatic carbocycles.